The molecule has 1 unspecified atom stereocenters. The Labute approximate surface area is 188 Å². The lowest BCUT2D eigenvalue weighted by atomic mass is 9.94. The van der Waals surface area contributed by atoms with E-state index in [1.54, 1.807) is 16.0 Å². The first-order valence-corrected chi connectivity index (χ1v) is 11.2. The maximum absolute atomic E-state index is 13.1. The molecule has 0 aliphatic carbocycles. The summed E-state index contributed by atoms with van der Waals surface area (Å²) in [4.78, 5) is 46.3. The van der Waals surface area contributed by atoms with Crippen LogP contribution < -0.4 is 10.2 Å². The molecule has 2 aromatic rings. The summed E-state index contributed by atoms with van der Waals surface area (Å²) in [6.07, 6.45) is 3.38. The Morgan fingerprint density at radius 3 is 2.41 bits per heavy atom. The minimum atomic E-state index is -0.626. The van der Waals surface area contributed by atoms with Gasteiger partial charge in [0, 0.05) is 37.4 Å². The van der Waals surface area contributed by atoms with Crippen molar-refractivity contribution in [2.24, 2.45) is 11.8 Å². The van der Waals surface area contributed by atoms with Crippen molar-refractivity contribution in [3.8, 4) is 0 Å². The van der Waals surface area contributed by atoms with E-state index in [0.717, 1.165) is 16.8 Å². The highest BCUT2D eigenvalue weighted by atomic mass is 16.2. The maximum atomic E-state index is 13.1. The molecular weight excluding hydrogens is 404 g/mol. The van der Waals surface area contributed by atoms with E-state index in [-0.39, 0.29) is 23.6 Å². The summed E-state index contributed by atoms with van der Waals surface area (Å²) in [6.45, 7) is 7.56. The number of nitrogens with one attached hydrogen (secondary N) is 1. The number of aromatic nitrogens is 1. The third-order valence-electron chi connectivity index (χ3n) is 6.65. The SMILES string of the molecule is Cc1ccnc(NC(=O)C2CCN(C(=O)C3CCN(c4ccc(C)c(C)c4)C3=O)CC2)c1. The third kappa shape index (κ3) is 4.52. The van der Waals surface area contributed by atoms with Crippen LogP contribution in [0.3, 0.4) is 0 Å². The van der Waals surface area contributed by atoms with Crippen LogP contribution in [0.15, 0.2) is 36.5 Å². The number of piperidine rings is 1. The molecule has 3 heterocycles. The van der Waals surface area contributed by atoms with Crippen LogP contribution in [-0.4, -0.2) is 47.2 Å². The second-order valence-electron chi connectivity index (χ2n) is 8.91. The van der Waals surface area contributed by atoms with Gasteiger partial charge in [-0.25, -0.2) is 4.98 Å². The van der Waals surface area contributed by atoms with E-state index in [1.165, 1.54) is 5.56 Å². The molecule has 2 fully saturated rings. The number of amides is 3. The summed E-state index contributed by atoms with van der Waals surface area (Å²) in [5.41, 5.74) is 4.20. The zero-order valence-corrected chi connectivity index (χ0v) is 18.9. The lowest BCUT2D eigenvalue weighted by Gasteiger charge is -2.32. The quantitative estimate of drug-likeness (QED) is 0.749. The standard InChI is InChI=1S/C25H30N4O3/c1-16-6-10-26-22(14-16)27-23(30)19-7-11-28(12-8-19)24(31)21-9-13-29(25(21)32)20-5-4-17(2)18(3)15-20/h4-6,10,14-15,19,21H,7-9,11-13H2,1-3H3,(H,26,27,30). The van der Waals surface area contributed by atoms with E-state index >= 15 is 0 Å². The second-order valence-corrected chi connectivity index (χ2v) is 8.91. The molecule has 0 saturated carbocycles. The fraction of sp³-hybridized carbons (Fsp3) is 0.440. The first kappa shape index (κ1) is 22.0. The smallest absolute Gasteiger partial charge is 0.239 e. The number of aryl methyl sites for hydroxylation is 3. The first-order valence-electron chi connectivity index (χ1n) is 11.2. The molecule has 7 nitrogen and oxygen atoms in total. The van der Waals surface area contributed by atoms with Crippen LogP contribution in [0.5, 0.6) is 0 Å². The van der Waals surface area contributed by atoms with E-state index in [2.05, 4.69) is 10.3 Å². The molecule has 0 spiro atoms. The largest absolute Gasteiger partial charge is 0.342 e. The Morgan fingerprint density at radius 2 is 1.72 bits per heavy atom. The van der Waals surface area contributed by atoms with Crippen molar-refractivity contribution in [1.82, 2.24) is 9.88 Å². The number of pyridine rings is 1. The number of likely N-dealkylation sites (tertiary alicyclic amines) is 1. The number of anilines is 2. The summed E-state index contributed by atoms with van der Waals surface area (Å²) in [5.74, 6) is -0.528. The molecule has 168 valence electrons. The van der Waals surface area contributed by atoms with Crippen LogP contribution in [0, 0.1) is 32.6 Å². The highest BCUT2D eigenvalue weighted by Gasteiger charge is 2.41. The van der Waals surface area contributed by atoms with Crippen LogP contribution >= 0.6 is 0 Å². The van der Waals surface area contributed by atoms with E-state index in [4.69, 9.17) is 0 Å². The number of hydrogen-bond donors (Lipinski definition) is 1. The molecule has 1 aromatic carbocycles. The second kappa shape index (κ2) is 9.10. The van der Waals surface area contributed by atoms with Gasteiger partial charge in [-0.2, -0.15) is 0 Å². The highest BCUT2D eigenvalue weighted by molar-refractivity contribution is 6.09. The van der Waals surface area contributed by atoms with Crippen LogP contribution in [0.25, 0.3) is 0 Å². The van der Waals surface area contributed by atoms with Crippen LogP contribution in [-0.2, 0) is 14.4 Å². The average molecular weight is 435 g/mol. The summed E-state index contributed by atoms with van der Waals surface area (Å²) in [5, 5.41) is 2.88. The summed E-state index contributed by atoms with van der Waals surface area (Å²) in [6, 6.07) is 9.68. The zero-order chi connectivity index (χ0) is 22.8. The fourth-order valence-corrected chi connectivity index (χ4v) is 4.47. The Morgan fingerprint density at radius 1 is 0.969 bits per heavy atom. The van der Waals surface area contributed by atoms with Crippen LogP contribution in [0.1, 0.15) is 36.0 Å². The van der Waals surface area contributed by atoms with Crippen molar-refractivity contribution in [3.05, 3.63) is 53.2 Å². The van der Waals surface area contributed by atoms with Crippen LogP contribution in [0.4, 0.5) is 11.5 Å². The minimum Gasteiger partial charge on any atom is -0.342 e. The van der Waals surface area contributed by atoms with Gasteiger partial charge in [0.1, 0.15) is 11.7 Å². The molecule has 0 radical (unpaired) electrons. The Hall–Kier alpha value is -3.22. The molecule has 2 aliphatic rings. The lowest BCUT2D eigenvalue weighted by molar-refractivity contribution is -0.142. The van der Waals surface area contributed by atoms with Crippen molar-refractivity contribution in [3.63, 3.8) is 0 Å². The molecule has 1 atom stereocenters. The molecule has 32 heavy (non-hydrogen) atoms. The van der Waals surface area contributed by atoms with Gasteiger partial charge >= 0.3 is 0 Å². The van der Waals surface area contributed by atoms with Crippen molar-refractivity contribution in [2.45, 2.75) is 40.0 Å². The minimum absolute atomic E-state index is 0.0620. The number of carbonyl (C=O) groups is 3. The Balaban J connectivity index is 1.32. The summed E-state index contributed by atoms with van der Waals surface area (Å²) < 4.78 is 0. The van der Waals surface area contributed by atoms with Gasteiger partial charge in [0.2, 0.25) is 17.7 Å². The maximum Gasteiger partial charge on any atom is 0.239 e. The van der Waals surface area contributed by atoms with Crippen molar-refractivity contribution in [2.75, 3.05) is 29.9 Å². The van der Waals surface area contributed by atoms with E-state index in [9.17, 15) is 14.4 Å². The number of carbonyl (C=O) groups excluding carboxylic acids is 3. The van der Waals surface area contributed by atoms with Gasteiger partial charge in [-0.1, -0.05) is 6.07 Å². The Bertz CT molecular complexity index is 1040. The van der Waals surface area contributed by atoms with Gasteiger partial charge in [-0.3, -0.25) is 14.4 Å². The molecule has 2 aliphatic heterocycles. The molecule has 0 bridgehead atoms. The third-order valence-corrected chi connectivity index (χ3v) is 6.65. The van der Waals surface area contributed by atoms with Crippen molar-refractivity contribution >= 4 is 29.2 Å². The molecule has 7 heteroatoms. The summed E-state index contributed by atoms with van der Waals surface area (Å²) in [7, 11) is 0. The van der Waals surface area contributed by atoms with Crippen molar-refractivity contribution in [1.29, 1.82) is 0 Å². The molecule has 4 rings (SSSR count). The topological polar surface area (TPSA) is 82.6 Å². The average Bonchev–Trinajstić information content (AvgIpc) is 3.16. The lowest BCUT2D eigenvalue weighted by Crippen LogP contribution is -2.45. The first-order chi connectivity index (χ1) is 15.3. The summed E-state index contributed by atoms with van der Waals surface area (Å²) >= 11 is 0. The number of benzene rings is 1. The number of rotatable bonds is 4. The molecule has 3 amide bonds. The normalized spacial score (nSPS) is 19.3. The van der Waals surface area contributed by atoms with E-state index in [1.807, 2.05) is 51.1 Å². The molecule has 1 N–H and O–H groups in total. The number of hydrogen-bond acceptors (Lipinski definition) is 4. The van der Waals surface area contributed by atoms with Crippen molar-refractivity contribution < 1.29 is 14.4 Å². The molecule has 1 aromatic heterocycles. The monoisotopic (exact) mass is 434 g/mol. The van der Waals surface area contributed by atoms with Gasteiger partial charge in [-0.05, 0) is 81.0 Å². The zero-order valence-electron chi connectivity index (χ0n) is 18.9. The predicted molar refractivity (Wildman–Crippen MR) is 123 cm³/mol. The molecular formula is C25H30N4O3. The molecule has 2 saturated heterocycles. The predicted octanol–water partition coefficient (Wildman–Crippen LogP) is 3.24. The van der Waals surface area contributed by atoms with Gasteiger partial charge in [0.25, 0.3) is 0 Å². The fourth-order valence-electron chi connectivity index (χ4n) is 4.47. The van der Waals surface area contributed by atoms with Crippen LogP contribution in [0.2, 0.25) is 0 Å². The van der Waals surface area contributed by atoms with Gasteiger partial charge in [-0.15, -0.1) is 0 Å². The Kier molecular flexibility index (Phi) is 6.26. The van der Waals surface area contributed by atoms with E-state index < -0.39 is 5.92 Å². The van der Waals surface area contributed by atoms with Gasteiger partial charge < -0.3 is 15.1 Å². The number of nitrogens with zero attached hydrogens (tertiary/aromatic N) is 3. The highest BCUT2D eigenvalue weighted by Crippen LogP contribution is 2.29. The van der Waals surface area contributed by atoms with Gasteiger partial charge in [0.05, 0.1) is 0 Å². The van der Waals surface area contributed by atoms with Gasteiger partial charge in [0.15, 0.2) is 0 Å². The van der Waals surface area contributed by atoms with E-state index in [0.29, 0.717) is 44.7 Å².